The first kappa shape index (κ1) is 15.3. The zero-order valence-electron chi connectivity index (χ0n) is 11.6. The first-order chi connectivity index (χ1) is 9.24. The highest BCUT2D eigenvalue weighted by atomic mass is 35.5. The van der Waals surface area contributed by atoms with Crippen LogP contribution in [0.2, 0.25) is 0 Å². The van der Waals surface area contributed by atoms with E-state index in [0.29, 0.717) is 12.5 Å². The molecule has 0 bridgehead atoms. The standard InChI is InChI=1S/C16H22N2O.ClH/c17-14(10-11-4-2-1-3-5-11)16(19)18-15(12-6-7-12)13-8-9-13;/h1-5,12-15H,6-10,17H2,(H,18,19);1H/t14-;/m0./s1. The Hall–Kier alpha value is -1.06. The Morgan fingerprint density at radius 1 is 1.15 bits per heavy atom. The maximum atomic E-state index is 12.2. The fraction of sp³-hybridized carbons (Fsp3) is 0.562. The van der Waals surface area contributed by atoms with Gasteiger partial charge in [0.25, 0.3) is 0 Å². The lowest BCUT2D eigenvalue weighted by molar-refractivity contribution is -0.123. The number of benzene rings is 1. The summed E-state index contributed by atoms with van der Waals surface area (Å²) >= 11 is 0. The lowest BCUT2D eigenvalue weighted by atomic mass is 10.0. The van der Waals surface area contributed by atoms with Crippen molar-refractivity contribution in [1.29, 1.82) is 0 Å². The van der Waals surface area contributed by atoms with Gasteiger partial charge in [0.1, 0.15) is 0 Å². The lowest BCUT2D eigenvalue weighted by Crippen LogP contribution is -2.48. The van der Waals surface area contributed by atoms with Gasteiger partial charge in [0.05, 0.1) is 6.04 Å². The molecule has 1 atom stereocenters. The van der Waals surface area contributed by atoms with E-state index in [1.807, 2.05) is 30.3 Å². The van der Waals surface area contributed by atoms with Gasteiger partial charge in [-0.3, -0.25) is 4.79 Å². The summed E-state index contributed by atoms with van der Waals surface area (Å²) in [6.45, 7) is 0. The van der Waals surface area contributed by atoms with Gasteiger partial charge in [0, 0.05) is 6.04 Å². The number of nitrogens with one attached hydrogen (secondary N) is 1. The zero-order chi connectivity index (χ0) is 13.2. The van der Waals surface area contributed by atoms with Gasteiger partial charge in [-0.25, -0.2) is 0 Å². The molecule has 0 radical (unpaired) electrons. The molecule has 0 heterocycles. The molecule has 0 spiro atoms. The molecule has 0 aliphatic heterocycles. The maximum absolute atomic E-state index is 12.2. The van der Waals surface area contributed by atoms with E-state index in [1.54, 1.807) is 0 Å². The minimum Gasteiger partial charge on any atom is -0.351 e. The molecule has 1 amide bonds. The molecular weight excluding hydrogens is 272 g/mol. The number of amides is 1. The summed E-state index contributed by atoms with van der Waals surface area (Å²) in [6, 6.07) is 9.95. The summed E-state index contributed by atoms with van der Waals surface area (Å²) in [5.74, 6) is 1.47. The van der Waals surface area contributed by atoms with E-state index < -0.39 is 6.04 Å². The Kier molecular flexibility index (Phi) is 5.06. The Morgan fingerprint density at radius 3 is 2.20 bits per heavy atom. The SMILES string of the molecule is Cl.N[C@@H](Cc1ccccc1)C(=O)NC(C1CC1)C1CC1. The van der Waals surface area contributed by atoms with Gasteiger partial charge in [-0.15, -0.1) is 12.4 Å². The molecule has 110 valence electrons. The number of halogens is 1. The summed E-state index contributed by atoms with van der Waals surface area (Å²) in [5, 5.41) is 3.20. The molecule has 20 heavy (non-hydrogen) atoms. The molecule has 2 aliphatic carbocycles. The minimum atomic E-state index is -0.428. The number of carbonyl (C=O) groups excluding carboxylic acids is 1. The first-order valence-corrected chi connectivity index (χ1v) is 7.34. The largest absolute Gasteiger partial charge is 0.351 e. The van der Waals surface area contributed by atoms with Gasteiger partial charge < -0.3 is 11.1 Å². The van der Waals surface area contributed by atoms with Gasteiger partial charge in [0.2, 0.25) is 5.91 Å². The van der Waals surface area contributed by atoms with Crippen LogP contribution in [0.4, 0.5) is 0 Å². The summed E-state index contributed by atoms with van der Waals surface area (Å²) < 4.78 is 0. The summed E-state index contributed by atoms with van der Waals surface area (Å²) in [4.78, 5) is 12.2. The predicted molar refractivity (Wildman–Crippen MR) is 82.7 cm³/mol. The lowest BCUT2D eigenvalue weighted by Gasteiger charge is -2.20. The van der Waals surface area contributed by atoms with Crippen molar-refractivity contribution in [3.05, 3.63) is 35.9 Å². The third-order valence-corrected chi connectivity index (χ3v) is 4.20. The molecule has 3 N–H and O–H groups in total. The van der Waals surface area contributed by atoms with Crippen LogP contribution in [0, 0.1) is 11.8 Å². The van der Waals surface area contributed by atoms with Crippen LogP contribution in [0.5, 0.6) is 0 Å². The summed E-state index contributed by atoms with van der Waals surface area (Å²) in [7, 11) is 0. The van der Waals surface area contributed by atoms with Gasteiger partial charge >= 0.3 is 0 Å². The second-order valence-corrected chi connectivity index (χ2v) is 6.01. The number of nitrogens with two attached hydrogens (primary N) is 1. The predicted octanol–water partition coefficient (Wildman–Crippen LogP) is 2.28. The molecule has 1 aromatic rings. The fourth-order valence-corrected chi connectivity index (χ4v) is 2.76. The average Bonchev–Trinajstić information content (AvgIpc) is 3.30. The van der Waals surface area contributed by atoms with Crippen LogP contribution in [0.25, 0.3) is 0 Å². The maximum Gasteiger partial charge on any atom is 0.237 e. The van der Waals surface area contributed by atoms with Crippen LogP contribution in [0.3, 0.4) is 0 Å². The Balaban J connectivity index is 0.00000147. The minimum absolute atomic E-state index is 0. The second kappa shape index (κ2) is 6.59. The quantitative estimate of drug-likeness (QED) is 0.846. The van der Waals surface area contributed by atoms with E-state index in [2.05, 4.69) is 5.32 Å². The molecule has 4 heteroatoms. The van der Waals surface area contributed by atoms with Crippen LogP contribution >= 0.6 is 12.4 Å². The Labute approximate surface area is 126 Å². The van der Waals surface area contributed by atoms with Crippen molar-refractivity contribution in [3.63, 3.8) is 0 Å². The number of hydrogen-bond acceptors (Lipinski definition) is 2. The molecule has 2 aliphatic rings. The van der Waals surface area contributed by atoms with Crippen molar-refractivity contribution in [3.8, 4) is 0 Å². The third-order valence-electron chi connectivity index (χ3n) is 4.20. The van der Waals surface area contributed by atoms with Crippen molar-refractivity contribution in [2.75, 3.05) is 0 Å². The van der Waals surface area contributed by atoms with Crippen LogP contribution < -0.4 is 11.1 Å². The summed E-state index contributed by atoms with van der Waals surface area (Å²) in [6.07, 6.45) is 5.71. The molecule has 0 aromatic heterocycles. The average molecular weight is 295 g/mol. The normalized spacial score (nSPS) is 19.3. The van der Waals surface area contributed by atoms with Crippen LogP contribution in [-0.4, -0.2) is 18.0 Å². The third kappa shape index (κ3) is 3.97. The molecule has 1 aromatic carbocycles. The zero-order valence-corrected chi connectivity index (χ0v) is 12.4. The molecule has 3 nitrogen and oxygen atoms in total. The van der Waals surface area contributed by atoms with Gasteiger partial charge in [-0.05, 0) is 49.5 Å². The van der Waals surface area contributed by atoms with E-state index >= 15 is 0 Å². The van der Waals surface area contributed by atoms with Crippen molar-refractivity contribution in [1.82, 2.24) is 5.32 Å². The number of hydrogen-bond donors (Lipinski definition) is 2. The van der Waals surface area contributed by atoms with E-state index in [0.717, 1.165) is 17.4 Å². The highest BCUT2D eigenvalue weighted by Crippen LogP contribution is 2.44. The Morgan fingerprint density at radius 2 is 1.70 bits per heavy atom. The van der Waals surface area contributed by atoms with Crippen molar-refractivity contribution < 1.29 is 4.79 Å². The number of carbonyl (C=O) groups is 1. The van der Waals surface area contributed by atoms with Crippen LogP contribution in [0.1, 0.15) is 31.2 Å². The van der Waals surface area contributed by atoms with E-state index in [9.17, 15) is 4.79 Å². The van der Waals surface area contributed by atoms with Gasteiger partial charge in [-0.1, -0.05) is 30.3 Å². The van der Waals surface area contributed by atoms with E-state index in [1.165, 1.54) is 25.7 Å². The molecule has 3 rings (SSSR count). The molecular formula is C16H23ClN2O. The van der Waals surface area contributed by atoms with Gasteiger partial charge in [-0.2, -0.15) is 0 Å². The van der Waals surface area contributed by atoms with Crippen molar-refractivity contribution >= 4 is 18.3 Å². The second-order valence-electron chi connectivity index (χ2n) is 6.01. The Bertz CT molecular complexity index is 431. The first-order valence-electron chi connectivity index (χ1n) is 7.34. The number of rotatable bonds is 6. The highest BCUT2D eigenvalue weighted by Gasteiger charge is 2.42. The van der Waals surface area contributed by atoms with E-state index in [-0.39, 0.29) is 18.3 Å². The molecule has 0 unspecified atom stereocenters. The topological polar surface area (TPSA) is 55.1 Å². The molecule has 2 saturated carbocycles. The fourth-order valence-electron chi connectivity index (χ4n) is 2.76. The van der Waals surface area contributed by atoms with Gasteiger partial charge in [0.15, 0.2) is 0 Å². The van der Waals surface area contributed by atoms with E-state index in [4.69, 9.17) is 5.73 Å². The van der Waals surface area contributed by atoms with Crippen LogP contribution in [0.15, 0.2) is 30.3 Å². The van der Waals surface area contributed by atoms with Crippen molar-refractivity contribution in [2.45, 2.75) is 44.2 Å². The molecule has 0 saturated heterocycles. The van der Waals surface area contributed by atoms with Crippen LogP contribution in [-0.2, 0) is 11.2 Å². The monoisotopic (exact) mass is 294 g/mol. The highest BCUT2D eigenvalue weighted by molar-refractivity contribution is 5.85. The molecule has 2 fully saturated rings. The smallest absolute Gasteiger partial charge is 0.237 e. The summed E-state index contributed by atoms with van der Waals surface area (Å²) in [5.41, 5.74) is 7.15. The van der Waals surface area contributed by atoms with Crippen molar-refractivity contribution in [2.24, 2.45) is 17.6 Å².